The van der Waals surface area contributed by atoms with Crippen molar-refractivity contribution in [1.82, 2.24) is 0 Å². The van der Waals surface area contributed by atoms with Crippen LogP contribution in [0.1, 0.15) is 34.3 Å². The van der Waals surface area contributed by atoms with E-state index in [-0.39, 0.29) is 17.2 Å². The maximum atomic E-state index is 12.7. The zero-order valence-corrected chi connectivity index (χ0v) is 18.2. The number of hydrogen-bond donors (Lipinski definition) is 1. The SMILES string of the molecule is CCOc1ccccc1C1C(C#N)=C(N)Oc2cc(OC(=O)c3ccccc3OC)ccc21. The summed E-state index contributed by atoms with van der Waals surface area (Å²) in [5.41, 5.74) is 8.20. The molecule has 2 N–H and O–H groups in total. The van der Waals surface area contributed by atoms with Crippen LogP contribution < -0.4 is 24.7 Å². The summed E-state index contributed by atoms with van der Waals surface area (Å²) in [6.45, 7) is 2.37. The van der Waals surface area contributed by atoms with Crippen LogP contribution in [0.15, 0.2) is 78.2 Å². The van der Waals surface area contributed by atoms with Gasteiger partial charge in [0.2, 0.25) is 5.88 Å². The van der Waals surface area contributed by atoms with Gasteiger partial charge < -0.3 is 24.7 Å². The van der Waals surface area contributed by atoms with Crippen molar-refractivity contribution < 1.29 is 23.7 Å². The Morgan fingerprint density at radius 2 is 1.79 bits per heavy atom. The van der Waals surface area contributed by atoms with E-state index in [1.165, 1.54) is 7.11 Å². The van der Waals surface area contributed by atoms with E-state index < -0.39 is 11.9 Å². The first-order valence-electron chi connectivity index (χ1n) is 10.4. The zero-order chi connectivity index (χ0) is 23.4. The number of carbonyl (C=O) groups is 1. The predicted molar refractivity (Wildman–Crippen MR) is 121 cm³/mol. The molecule has 0 fully saturated rings. The molecule has 3 aromatic carbocycles. The maximum Gasteiger partial charge on any atom is 0.347 e. The van der Waals surface area contributed by atoms with Gasteiger partial charge in [0.05, 0.1) is 19.6 Å². The highest BCUT2D eigenvalue weighted by atomic mass is 16.5. The minimum Gasteiger partial charge on any atom is -0.496 e. The second kappa shape index (κ2) is 9.37. The third-order valence-corrected chi connectivity index (χ3v) is 5.26. The van der Waals surface area contributed by atoms with Gasteiger partial charge in [-0.2, -0.15) is 5.26 Å². The number of ether oxygens (including phenoxy) is 4. The summed E-state index contributed by atoms with van der Waals surface area (Å²) in [5, 5.41) is 9.80. The Balaban J connectivity index is 1.72. The van der Waals surface area contributed by atoms with Crippen molar-refractivity contribution in [3.8, 4) is 29.1 Å². The van der Waals surface area contributed by atoms with Gasteiger partial charge in [-0.15, -0.1) is 0 Å². The normalized spacial score (nSPS) is 14.5. The van der Waals surface area contributed by atoms with Gasteiger partial charge in [0.1, 0.15) is 40.2 Å². The first-order valence-corrected chi connectivity index (χ1v) is 10.4. The second-order valence-corrected chi connectivity index (χ2v) is 7.19. The molecule has 1 aliphatic heterocycles. The molecule has 0 aliphatic carbocycles. The molecule has 1 heterocycles. The molecule has 1 unspecified atom stereocenters. The van der Waals surface area contributed by atoms with E-state index in [0.29, 0.717) is 35.0 Å². The number of nitriles is 1. The van der Waals surface area contributed by atoms with E-state index in [0.717, 1.165) is 5.56 Å². The number of benzene rings is 3. The highest BCUT2D eigenvalue weighted by Gasteiger charge is 2.33. The molecule has 4 rings (SSSR count). The number of hydrogen-bond acceptors (Lipinski definition) is 7. The van der Waals surface area contributed by atoms with E-state index >= 15 is 0 Å². The molecule has 0 spiro atoms. The topological polar surface area (TPSA) is 104 Å². The van der Waals surface area contributed by atoms with Gasteiger partial charge in [-0.25, -0.2) is 4.79 Å². The number of esters is 1. The van der Waals surface area contributed by atoms with Crippen LogP contribution in [0.4, 0.5) is 0 Å². The Hall–Kier alpha value is -4.44. The van der Waals surface area contributed by atoms with Gasteiger partial charge in [0.25, 0.3) is 0 Å². The molecule has 33 heavy (non-hydrogen) atoms. The quantitative estimate of drug-likeness (QED) is 0.442. The van der Waals surface area contributed by atoms with Gasteiger partial charge in [0, 0.05) is 17.2 Å². The molecule has 0 amide bonds. The third kappa shape index (κ3) is 4.19. The van der Waals surface area contributed by atoms with Crippen LogP contribution in [0.5, 0.6) is 23.0 Å². The summed E-state index contributed by atoms with van der Waals surface area (Å²) >= 11 is 0. The zero-order valence-electron chi connectivity index (χ0n) is 18.2. The van der Waals surface area contributed by atoms with Crippen molar-refractivity contribution in [2.24, 2.45) is 5.73 Å². The number of carbonyl (C=O) groups excluding carboxylic acids is 1. The van der Waals surface area contributed by atoms with E-state index in [9.17, 15) is 10.1 Å². The fourth-order valence-electron chi connectivity index (χ4n) is 3.80. The van der Waals surface area contributed by atoms with E-state index in [4.69, 9.17) is 24.7 Å². The lowest BCUT2D eigenvalue weighted by atomic mass is 9.83. The Kier molecular flexibility index (Phi) is 6.18. The second-order valence-electron chi connectivity index (χ2n) is 7.19. The van der Waals surface area contributed by atoms with Crippen LogP contribution in [-0.4, -0.2) is 19.7 Å². The largest absolute Gasteiger partial charge is 0.496 e. The highest BCUT2D eigenvalue weighted by Crippen LogP contribution is 2.45. The van der Waals surface area contributed by atoms with Gasteiger partial charge >= 0.3 is 5.97 Å². The van der Waals surface area contributed by atoms with Gasteiger partial charge in [-0.3, -0.25) is 0 Å². The molecule has 3 aromatic rings. The Morgan fingerprint density at radius 1 is 1.06 bits per heavy atom. The maximum absolute atomic E-state index is 12.7. The van der Waals surface area contributed by atoms with Gasteiger partial charge in [-0.1, -0.05) is 36.4 Å². The monoisotopic (exact) mass is 442 g/mol. The number of fused-ring (bicyclic) bond motifs is 1. The lowest BCUT2D eigenvalue weighted by Gasteiger charge is -2.27. The van der Waals surface area contributed by atoms with Crippen molar-refractivity contribution in [1.29, 1.82) is 5.26 Å². The van der Waals surface area contributed by atoms with Crippen LogP contribution in [0.3, 0.4) is 0 Å². The van der Waals surface area contributed by atoms with Gasteiger partial charge in [-0.05, 0) is 31.2 Å². The molecule has 7 heteroatoms. The molecular formula is C26H22N2O5. The number of para-hydroxylation sites is 2. The van der Waals surface area contributed by atoms with Crippen LogP contribution in [0.2, 0.25) is 0 Å². The van der Waals surface area contributed by atoms with Crippen molar-refractivity contribution in [3.05, 3.63) is 94.9 Å². The summed E-state index contributed by atoms with van der Waals surface area (Å²) in [5.74, 6) is 0.681. The van der Waals surface area contributed by atoms with E-state index in [1.807, 2.05) is 31.2 Å². The average Bonchev–Trinajstić information content (AvgIpc) is 2.83. The molecule has 0 aromatic heterocycles. The van der Waals surface area contributed by atoms with Crippen molar-refractivity contribution in [2.45, 2.75) is 12.8 Å². The predicted octanol–water partition coefficient (Wildman–Crippen LogP) is 4.53. The number of rotatable bonds is 6. The molecular weight excluding hydrogens is 420 g/mol. The Labute approximate surface area is 191 Å². The average molecular weight is 442 g/mol. The van der Waals surface area contributed by atoms with Crippen LogP contribution in [-0.2, 0) is 0 Å². The summed E-state index contributed by atoms with van der Waals surface area (Å²) in [6.07, 6.45) is 0. The summed E-state index contributed by atoms with van der Waals surface area (Å²) in [7, 11) is 1.49. The smallest absolute Gasteiger partial charge is 0.347 e. The molecule has 0 bridgehead atoms. The summed E-state index contributed by atoms with van der Waals surface area (Å²) in [4.78, 5) is 12.7. The summed E-state index contributed by atoms with van der Waals surface area (Å²) < 4.78 is 22.3. The van der Waals surface area contributed by atoms with E-state index in [2.05, 4.69) is 6.07 Å². The lowest BCUT2D eigenvalue weighted by molar-refractivity contribution is 0.0731. The number of nitrogens with zero attached hydrogens (tertiary/aromatic N) is 1. The molecule has 1 atom stereocenters. The fraction of sp³-hybridized carbons (Fsp3) is 0.154. The molecule has 0 saturated carbocycles. The van der Waals surface area contributed by atoms with Crippen molar-refractivity contribution in [3.63, 3.8) is 0 Å². The van der Waals surface area contributed by atoms with E-state index in [1.54, 1.807) is 42.5 Å². The van der Waals surface area contributed by atoms with Crippen LogP contribution >= 0.6 is 0 Å². The minimum atomic E-state index is -0.567. The minimum absolute atomic E-state index is 0.00509. The number of nitrogens with two attached hydrogens (primary N) is 1. The Bertz CT molecular complexity index is 1280. The molecule has 1 aliphatic rings. The molecule has 166 valence electrons. The lowest BCUT2D eigenvalue weighted by Crippen LogP contribution is -2.21. The third-order valence-electron chi connectivity index (χ3n) is 5.26. The van der Waals surface area contributed by atoms with Crippen LogP contribution in [0, 0.1) is 11.3 Å². The van der Waals surface area contributed by atoms with Crippen molar-refractivity contribution >= 4 is 5.97 Å². The fourth-order valence-corrected chi connectivity index (χ4v) is 3.80. The van der Waals surface area contributed by atoms with Crippen molar-refractivity contribution in [2.75, 3.05) is 13.7 Å². The highest BCUT2D eigenvalue weighted by molar-refractivity contribution is 5.94. The number of methoxy groups -OCH3 is 1. The van der Waals surface area contributed by atoms with Crippen LogP contribution in [0.25, 0.3) is 0 Å². The summed E-state index contributed by atoms with van der Waals surface area (Å²) in [6, 6.07) is 21.5. The standard InChI is InChI=1S/C26H22N2O5/c1-3-31-22-11-7-4-8-17(22)24-18-13-12-16(14-23(18)33-25(28)20(24)15-27)32-26(29)19-9-5-6-10-21(19)30-2/h4-14,24H,3,28H2,1-2H3. The van der Waals surface area contributed by atoms with Gasteiger partial charge in [0.15, 0.2) is 0 Å². The first kappa shape index (κ1) is 21.8. The Morgan fingerprint density at radius 3 is 2.52 bits per heavy atom. The first-order chi connectivity index (χ1) is 16.1. The molecule has 0 radical (unpaired) electrons. The molecule has 7 nitrogen and oxygen atoms in total. The number of allylic oxidation sites excluding steroid dienone is 1. The molecule has 0 saturated heterocycles.